The minimum Gasteiger partial charge on any atom is -0.312 e. The van der Waals surface area contributed by atoms with Gasteiger partial charge in [-0.15, -0.1) is 0 Å². The van der Waals surface area contributed by atoms with Gasteiger partial charge in [0.15, 0.2) is 0 Å². The number of fused-ring (bicyclic) bond motifs is 1. The van der Waals surface area contributed by atoms with Gasteiger partial charge in [0.05, 0.1) is 11.4 Å². The van der Waals surface area contributed by atoms with Gasteiger partial charge in [-0.05, 0) is 43.2 Å². The number of hydrogen-bond donors (Lipinski definition) is 1. The Morgan fingerprint density at radius 1 is 1.21 bits per heavy atom. The lowest BCUT2D eigenvalue weighted by atomic mass is 10.1. The van der Waals surface area contributed by atoms with Crippen LogP contribution in [0.2, 0.25) is 0 Å². The number of piperazine rings is 1. The number of halogens is 1. The molecule has 6 nitrogen and oxygen atoms in total. The zero-order chi connectivity index (χ0) is 20.6. The Hall–Kier alpha value is -2.29. The van der Waals surface area contributed by atoms with Crippen molar-refractivity contribution in [3.63, 3.8) is 0 Å². The van der Waals surface area contributed by atoms with Crippen molar-refractivity contribution in [2.24, 2.45) is 0 Å². The Kier molecular flexibility index (Phi) is 5.42. The Balaban J connectivity index is 1.63. The van der Waals surface area contributed by atoms with E-state index in [0.717, 1.165) is 19.6 Å². The van der Waals surface area contributed by atoms with Crippen molar-refractivity contribution < 1.29 is 17.6 Å². The van der Waals surface area contributed by atoms with Gasteiger partial charge < -0.3 is 10.2 Å². The molecule has 1 amide bonds. The molecular formula is C21H24FN3O3S. The molecule has 154 valence electrons. The first kappa shape index (κ1) is 20.0. The van der Waals surface area contributed by atoms with E-state index in [4.69, 9.17) is 0 Å². The SMILES string of the molecule is C[C@@H]1CN(CC(=O)N2CCc3cc(F)c(S(=O)(=O)c4ccccc4)cc32)CCN1. The Labute approximate surface area is 170 Å². The summed E-state index contributed by atoms with van der Waals surface area (Å²) in [6, 6.07) is 10.7. The lowest BCUT2D eigenvalue weighted by Gasteiger charge is -2.32. The van der Waals surface area contributed by atoms with E-state index < -0.39 is 20.5 Å². The monoisotopic (exact) mass is 417 g/mol. The summed E-state index contributed by atoms with van der Waals surface area (Å²) in [7, 11) is -4.01. The first-order valence-electron chi connectivity index (χ1n) is 9.75. The van der Waals surface area contributed by atoms with Gasteiger partial charge in [0.25, 0.3) is 0 Å². The molecule has 0 aliphatic carbocycles. The summed E-state index contributed by atoms with van der Waals surface area (Å²) in [5.41, 5.74) is 1.16. The molecule has 0 unspecified atom stereocenters. The fraction of sp³-hybridized carbons (Fsp3) is 0.381. The Morgan fingerprint density at radius 2 is 1.97 bits per heavy atom. The lowest BCUT2D eigenvalue weighted by molar-refractivity contribution is -0.119. The minimum absolute atomic E-state index is 0.0320. The molecule has 29 heavy (non-hydrogen) atoms. The van der Waals surface area contributed by atoms with Gasteiger partial charge in [-0.3, -0.25) is 9.69 Å². The van der Waals surface area contributed by atoms with E-state index in [-0.39, 0.29) is 17.3 Å². The largest absolute Gasteiger partial charge is 0.312 e. The van der Waals surface area contributed by atoms with Gasteiger partial charge in [-0.25, -0.2) is 12.8 Å². The molecule has 8 heteroatoms. The van der Waals surface area contributed by atoms with Crippen LogP contribution in [0, 0.1) is 5.82 Å². The molecule has 1 fully saturated rings. The van der Waals surface area contributed by atoms with Gasteiger partial charge in [-0.2, -0.15) is 0 Å². The summed E-state index contributed by atoms with van der Waals surface area (Å²) < 4.78 is 40.5. The average molecular weight is 418 g/mol. The maximum atomic E-state index is 14.7. The molecular weight excluding hydrogens is 393 g/mol. The lowest BCUT2D eigenvalue weighted by Crippen LogP contribution is -2.52. The van der Waals surface area contributed by atoms with Crippen LogP contribution < -0.4 is 10.2 Å². The highest BCUT2D eigenvalue weighted by Crippen LogP contribution is 2.34. The Bertz CT molecular complexity index is 1030. The zero-order valence-electron chi connectivity index (χ0n) is 16.3. The van der Waals surface area contributed by atoms with E-state index in [9.17, 15) is 17.6 Å². The average Bonchev–Trinajstić information content (AvgIpc) is 3.11. The fourth-order valence-corrected chi connectivity index (χ4v) is 5.36. The van der Waals surface area contributed by atoms with Gasteiger partial charge in [-0.1, -0.05) is 18.2 Å². The molecule has 0 spiro atoms. The molecule has 2 heterocycles. The first-order valence-corrected chi connectivity index (χ1v) is 11.2. The van der Waals surface area contributed by atoms with E-state index in [1.165, 1.54) is 24.3 Å². The standard InChI is InChI=1S/C21H24FN3O3S/c1-15-13-24(10-8-23-15)14-21(26)25-9-7-16-11-18(22)20(12-19(16)25)29(27,28)17-5-3-2-4-6-17/h2-6,11-12,15,23H,7-10,13-14H2,1H3/t15-/m1/s1. The highest BCUT2D eigenvalue weighted by atomic mass is 32.2. The van der Waals surface area contributed by atoms with Gasteiger partial charge >= 0.3 is 0 Å². The van der Waals surface area contributed by atoms with Crippen LogP contribution in [0.5, 0.6) is 0 Å². The predicted octanol–water partition coefficient (Wildman–Crippen LogP) is 1.84. The van der Waals surface area contributed by atoms with Gasteiger partial charge in [0, 0.05) is 37.9 Å². The minimum atomic E-state index is -4.01. The van der Waals surface area contributed by atoms with Crippen molar-refractivity contribution in [2.45, 2.75) is 29.2 Å². The third-order valence-corrected chi connectivity index (χ3v) is 7.27. The van der Waals surface area contributed by atoms with Crippen molar-refractivity contribution in [1.29, 1.82) is 0 Å². The molecule has 1 saturated heterocycles. The topological polar surface area (TPSA) is 69.7 Å². The number of hydrogen-bond acceptors (Lipinski definition) is 5. The molecule has 2 aromatic carbocycles. The molecule has 0 aromatic heterocycles. The molecule has 0 bridgehead atoms. The maximum Gasteiger partial charge on any atom is 0.241 e. The number of nitrogens with zero attached hydrogens (tertiary/aromatic N) is 2. The molecule has 2 aromatic rings. The highest BCUT2D eigenvalue weighted by molar-refractivity contribution is 7.91. The van der Waals surface area contributed by atoms with E-state index in [1.54, 1.807) is 23.1 Å². The van der Waals surface area contributed by atoms with Crippen LogP contribution in [0.1, 0.15) is 12.5 Å². The third kappa shape index (κ3) is 3.92. The maximum absolute atomic E-state index is 14.7. The van der Waals surface area contributed by atoms with Gasteiger partial charge in [0.1, 0.15) is 10.7 Å². The quantitative estimate of drug-likeness (QED) is 0.822. The second-order valence-electron chi connectivity index (χ2n) is 7.61. The van der Waals surface area contributed by atoms with Crippen LogP contribution in [-0.4, -0.2) is 58.0 Å². The van der Waals surface area contributed by atoms with Crippen molar-refractivity contribution in [3.05, 3.63) is 53.8 Å². The summed E-state index contributed by atoms with van der Waals surface area (Å²) >= 11 is 0. The van der Waals surface area contributed by atoms with Crippen molar-refractivity contribution >= 4 is 21.4 Å². The third-order valence-electron chi connectivity index (χ3n) is 5.48. The Morgan fingerprint density at radius 3 is 2.69 bits per heavy atom. The molecule has 4 rings (SSSR count). The number of carbonyl (C=O) groups excluding carboxylic acids is 1. The molecule has 0 radical (unpaired) electrons. The van der Waals surface area contributed by atoms with Crippen molar-refractivity contribution in [2.75, 3.05) is 37.6 Å². The van der Waals surface area contributed by atoms with E-state index in [2.05, 4.69) is 17.1 Å². The van der Waals surface area contributed by atoms with Crippen molar-refractivity contribution in [1.82, 2.24) is 10.2 Å². The number of benzene rings is 2. The highest BCUT2D eigenvalue weighted by Gasteiger charge is 2.31. The van der Waals surface area contributed by atoms with Crippen LogP contribution in [0.3, 0.4) is 0 Å². The van der Waals surface area contributed by atoms with E-state index in [1.807, 2.05) is 0 Å². The number of nitrogens with one attached hydrogen (secondary N) is 1. The first-order chi connectivity index (χ1) is 13.9. The van der Waals surface area contributed by atoms with Crippen LogP contribution in [0.25, 0.3) is 0 Å². The smallest absolute Gasteiger partial charge is 0.241 e. The summed E-state index contributed by atoms with van der Waals surface area (Å²) in [5.74, 6) is -0.870. The van der Waals surface area contributed by atoms with Crippen LogP contribution in [0.15, 0.2) is 52.3 Å². The van der Waals surface area contributed by atoms with Crippen LogP contribution in [-0.2, 0) is 21.1 Å². The summed E-state index contributed by atoms with van der Waals surface area (Å²) in [6.07, 6.45) is 0.515. The molecule has 1 N–H and O–H groups in total. The molecule has 2 aliphatic heterocycles. The summed E-state index contributed by atoms with van der Waals surface area (Å²) in [4.78, 5) is 16.2. The molecule has 2 aliphatic rings. The van der Waals surface area contributed by atoms with Crippen LogP contribution in [0.4, 0.5) is 10.1 Å². The number of amides is 1. The normalized spacial score (nSPS) is 19.9. The fourth-order valence-electron chi connectivity index (χ4n) is 4.01. The number of carbonyl (C=O) groups is 1. The zero-order valence-corrected chi connectivity index (χ0v) is 17.1. The number of sulfone groups is 1. The number of anilines is 1. The second-order valence-corrected chi connectivity index (χ2v) is 9.53. The van der Waals surface area contributed by atoms with Crippen LogP contribution >= 0.6 is 0 Å². The number of rotatable bonds is 4. The molecule has 0 saturated carbocycles. The van der Waals surface area contributed by atoms with E-state index in [0.29, 0.717) is 30.3 Å². The van der Waals surface area contributed by atoms with E-state index >= 15 is 0 Å². The summed E-state index contributed by atoms with van der Waals surface area (Å²) in [5, 5.41) is 3.34. The van der Waals surface area contributed by atoms with Gasteiger partial charge in [0.2, 0.25) is 15.7 Å². The van der Waals surface area contributed by atoms with Crippen molar-refractivity contribution in [3.8, 4) is 0 Å². The second kappa shape index (κ2) is 7.85. The molecule has 1 atom stereocenters. The summed E-state index contributed by atoms with van der Waals surface area (Å²) in [6.45, 7) is 5.17. The predicted molar refractivity (Wildman–Crippen MR) is 108 cm³/mol.